The zero-order valence-electron chi connectivity index (χ0n) is 13.1. The number of amides is 1. The molecule has 0 aliphatic rings. The molecule has 0 saturated carbocycles. The molecular weight excluding hydrogens is 268 g/mol. The Morgan fingerprint density at radius 1 is 1.43 bits per heavy atom. The van der Waals surface area contributed by atoms with Gasteiger partial charge in [-0.1, -0.05) is 38.5 Å². The van der Waals surface area contributed by atoms with Crippen molar-refractivity contribution in [2.45, 2.75) is 32.9 Å². The van der Waals surface area contributed by atoms with Crippen molar-refractivity contribution in [3.8, 4) is 5.75 Å². The van der Waals surface area contributed by atoms with Crippen LogP contribution in [0.5, 0.6) is 5.75 Å². The van der Waals surface area contributed by atoms with Gasteiger partial charge in [-0.25, -0.2) is 0 Å². The molecule has 118 valence electrons. The van der Waals surface area contributed by atoms with Crippen LogP contribution < -0.4 is 10.5 Å². The van der Waals surface area contributed by atoms with E-state index in [2.05, 4.69) is 0 Å². The minimum absolute atomic E-state index is 0.0892. The molecule has 3 N–H and O–H groups in total. The number of benzene rings is 1. The number of nitrogens with zero attached hydrogens (tertiary/aromatic N) is 1. The van der Waals surface area contributed by atoms with Crippen LogP contribution in [-0.4, -0.2) is 42.2 Å². The van der Waals surface area contributed by atoms with Gasteiger partial charge in [-0.2, -0.15) is 0 Å². The van der Waals surface area contributed by atoms with E-state index in [0.717, 1.165) is 17.7 Å². The van der Waals surface area contributed by atoms with Crippen LogP contribution in [0.1, 0.15) is 25.8 Å². The molecule has 0 spiro atoms. The van der Waals surface area contributed by atoms with Crippen LogP contribution >= 0.6 is 0 Å². The van der Waals surface area contributed by atoms with Crippen molar-refractivity contribution in [2.75, 3.05) is 20.3 Å². The Hall–Kier alpha value is -1.59. The van der Waals surface area contributed by atoms with Crippen molar-refractivity contribution in [1.29, 1.82) is 0 Å². The zero-order chi connectivity index (χ0) is 15.8. The molecule has 0 bridgehead atoms. The maximum absolute atomic E-state index is 12.5. The summed E-state index contributed by atoms with van der Waals surface area (Å²) >= 11 is 0. The fourth-order valence-electron chi connectivity index (χ4n) is 2.14. The van der Waals surface area contributed by atoms with Crippen molar-refractivity contribution < 1.29 is 14.6 Å². The Bertz CT molecular complexity index is 451. The van der Waals surface area contributed by atoms with Gasteiger partial charge in [0.15, 0.2) is 0 Å². The second-order valence-corrected chi connectivity index (χ2v) is 5.21. The summed E-state index contributed by atoms with van der Waals surface area (Å²) in [5.41, 5.74) is 6.92. The van der Waals surface area contributed by atoms with Gasteiger partial charge in [0.05, 0.1) is 19.8 Å². The van der Waals surface area contributed by atoms with Crippen molar-refractivity contribution in [2.24, 2.45) is 11.7 Å². The number of ether oxygens (including phenoxy) is 1. The molecule has 0 aliphatic carbocycles. The molecule has 0 aliphatic heterocycles. The highest BCUT2D eigenvalue weighted by Gasteiger charge is 2.25. The fraction of sp³-hybridized carbons (Fsp3) is 0.562. The van der Waals surface area contributed by atoms with Gasteiger partial charge >= 0.3 is 0 Å². The first-order chi connectivity index (χ1) is 10.0. The van der Waals surface area contributed by atoms with Gasteiger partial charge < -0.3 is 20.5 Å². The summed E-state index contributed by atoms with van der Waals surface area (Å²) in [6.07, 6.45) is 0.842. The average Bonchev–Trinajstić information content (AvgIpc) is 2.52. The number of para-hydroxylation sites is 1. The van der Waals surface area contributed by atoms with E-state index in [1.165, 1.54) is 0 Å². The number of aliphatic hydroxyl groups is 1. The molecule has 5 nitrogen and oxygen atoms in total. The lowest BCUT2D eigenvalue weighted by atomic mass is 9.98. The Morgan fingerprint density at radius 2 is 2.10 bits per heavy atom. The molecule has 21 heavy (non-hydrogen) atoms. The minimum Gasteiger partial charge on any atom is -0.496 e. The molecule has 1 amide bonds. The predicted molar refractivity (Wildman–Crippen MR) is 82.9 cm³/mol. The van der Waals surface area contributed by atoms with Crippen molar-refractivity contribution in [1.82, 2.24) is 4.90 Å². The zero-order valence-corrected chi connectivity index (χ0v) is 13.1. The molecule has 1 aromatic rings. The third-order valence-electron chi connectivity index (χ3n) is 3.78. The molecule has 0 radical (unpaired) electrons. The summed E-state index contributed by atoms with van der Waals surface area (Å²) in [6, 6.07) is 6.99. The number of carbonyl (C=O) groups is 1. The standard InChI is InChI=1S/C16H26N2O3/c1-4-12(2)15(17)16(20)18(9-10-19)11-13-7-5-6-8-14(13)21-3/h5-8,12,15,19H,4,9-11,17H2,1-3H3/t12?,15-/m0/s1. The van der Waals surface area contributed by atoms with Crippen LogP contribution in [0.4, 0.5) is 0 Å². The molecule has 0 aromatic heterocycles. The Kier molecular flexibility index (Phi) is 7.19. The fourth-order valence-corrected chi connectivity index (χ4v) is 2.14. The SMILES string of the molecule is CCC(C)[C@H](N)C(=O)N(CCO)Cc1ccccc1OC. The molecule has 1 unspecified atom stereocenters. The lowest BCUT2D eigenvalue weighted by Crippen LogP contribution is -2.47. The summed E-state index contributed by atoms with van der Waals surface area (Å²) in [5.74, 6) is 0.700. The van der Waals surface area contributed by atoms with E-state index in [-0.39, 0.29) is 25.0 Å². The van der Waals surface area contributed by atoms with Crippen molar-refractivity contribution in [3.63, 3.8) is 0 Å². The quantitative estimate of drug-likeness (QED) is 0.759. The van der Waals surface area contributed by atoms with Crippen LogP contribution in [0, 0.1) is 5.92 Å². The van der Waals surface area contributed by atoms with Crippen LogP contribution in [0.2, 0.25) is 0 Å². The minimum atomic E-state index is -0.545. The highest BCUT2D eigenvalue weighted by molar-refractivity contribution is 5.82. The number of hydrogen-bond acceptors (Lipinski definition) is 4. The van der Waals surface area contributed by atoms with Crippen LogP contribution in [0.15, 0.2) is 24.3 Å². The van der Waals surface area contributed by atoms with Crippen molar-refractivity contribution >= 4 is 5.91 Å². The topological polar surface area (TPSA) is 75.8 Å². The summed E-state index contributed by atoms with van der Waals surface area (Å²) < 4.78 is 5.30. The van der Waals surface area contributed by atoms with E-state index >= 15 is 0 Å². The molecule has 0 fully saturated rings. The first kappa shape index (κ1) is 17.5. The molecule has 1 rings (SSSR count). The maximum atomic E-state index is 12.5. The van der Waals surface area contributed by atoms with Gasteiger partial charge in [0, 0.05) is 18.7 Å². The lowest BCUT2D eigenvalue weighted by Gasteiger charge is -2.28. The molecule has 0 saturated heterocycles. The third kappa shape index (κ3) is 4.72. The van der Waals surface area contributed by atoms with Crippen LogP contribution in [-0.2, 0) is 11.3 Å². The second-order valence-electron chi connectivity index (χ2n) is 5.21. The monoisotopic (exact) mass is 294 g/mol. The summed E-state index contributed by atoms with van der Waals surface area (Å²) in [4.78, 5) is 14.1. The van der Waals surface area contributed by atoms with E-state index in [1.54, 1.807) is 12.0 Å². The number of nitrogens with two attached hydrogens (primary N) is 1. The van der Waals surface area contributed by atoms with Gasteiger partial charge in [-0.3, -0.25) is 4.79 Å². The molecule has 2 atom stereocenters. The number of aliphatic hydroxyl groups excluding tert-OH is 1. The van der Waals surface area contributed by atoms with E-state index in [9.17, 15) is 9.90 Å². The lowest BCUT2D eigenvalue weighted by molar-refractivity contribution is -0.134. The largest absolute Gasteiger partial charge is 0.496 e. The van der Waals surface area contributed by atoms with Crippen LogP contribution in [0.25, 0.3) is 0 Å². The van der Waals surface area contributed by atoms with E-state index in [1.807, 2.05) is 38.1 Å². The Morgan fingerprint density at radius 3 is 2.67 bits per heavy atom. The highest BCUT2D eigenvalue weighted by Crippen LogP contribution is 2.20. The predicted octanol–water partition coefficient (Wildman–Crippen LogP) is 1.39. The smallest absolute Gasteiger partial charge is 0.240 e. The first-order valence-corrected chi connectivity index (χ1v) is 7.32. The first-order valence-electron chi connectivity index (χ1n) is 7.32. The van der Waals surface area contributed by atoms with Gasteiger partial charge in [0.2, 0.25) is 5.91 Å². The normalized spacial score (nSPS) is 13.6. The number of methoxy groups -OCH3 is 1. The number of hydrogen-bond donors (Lipinski definition) is 2. The highest BCUT2D eigenvalue weighted by atomic mass is 16.5. The Balaban J connectivity index is 2.89. The molecule has 5 heteroatoms. The van der Waals surface area contributed by atoms with Crippen LogP contribution in [0.3, 0.4) is 0 Å². The number of rotatable bonds is 8. The molecular formula is C16H26N2O3. The second kappa shape index (κ2) is 8.64. The average molecular weight is 294 g/mol. The summed E-state index contributed by atoms with van der Waals surface area (Å²) in [7, 11) is 1.60. The Labute approximate surface area is 126 Å². The van der Waals surface area contributed by atoms with Gasteiger partial charge in [-0.05, 0) is 12.0 Å². The van der Waals surface area contributed by atoms with E-state index in [4.69, 9.17) is 10.5 Å². The molecule has 1 aromatic carbocycles. The molecule has 0 heterocycles. The number of carbonyl (C=O) groups excluding carboxylic acids is 1. The third-order valence-corrected chi connectivity index (χ3v) is 3.78. The summed E-state index contributed by atoms with van der Waals surface area (Å²) in [5, 5.41) is 9.20. The van der Waals surface area contributed by atoms with Gasteiger partial charge in [0.1, 0.15) is 5.75 Å². The van der Waals surface area contributed by atoms with Crippen molar-refractivity contribution in [3.05, 3.63) is 29.8 Å². The maximum Gasteiger partial charge on any atom is 0.240 e. The summed E-state index contributed by atoms with van der Waals surface area (Å²) in [6.45, 7) is 4.53. The van der Waals surface area contributed by atoms with Gasteiger partial charge in [0.25, 0.3) is 0 Å². The van der Waals surface area contributed by atoms with E-state index < -0.39 is 6.04 Å². The van der Waals surface area contributed by atoms with E-state index in [0.29, 0.717) is 6.54 Å². The van der Waals surface area contributed by atoms with Gasteiger partial charge in [-0.15, -0.1) is 0 Å².